The number of carbonyl (C=O) groups is 1. The molecule has 1 aliphatic rings. The maximum absolute atomic E-state index is 12.3. The Balaban J connectivity index is 1.28. The van der Waals surface area contributed by atoms with Gasteiger partial charge in [0.05, 0.1) is 0 Å². The molecule has 3 aromatic rings. The quantitative estimate of drug-likeness (QED) is 0.555. The molecule has 162 valence electrons. The molecule has 0 bridgehead atoms. The maximum Gasteiger partial charge on any atom is 0.227 e. The summed E-state index contributed by atoms with van der Waals surface area (Å²) < 4.78 is 5.33. The van der Waals surface area contributed by atoms with Gasteiger partial charge in [0.15, 0.2) is 0 Å². The molecule has 1 N–H and O–H groups in total. The smallest absolute Gasteiger partial charge is 0.227 e. The van der Waals surface area contributed by atoms with Gasteiger partial charge in [0, 0.05) is 42.9 Å². The second-order valence-electron chi connectivity index (χ2n) is 8.43. The van der Waals surface area contributed by atoms with Crippen molar-refractivity contribution in [3.8, 4) is 11.4 Å². The molecule has 2 aromatic carbocycles. The number of hydrogen-bond donors (Lipinski definition) is 1. The molecule has 0 saturated carbocycles. The SMILES string of the molecule is CC(C)c1ccc(-c2noc(CCC(=O)Nc3ccc(N4CCCCC4)cc3)n2)cc1. The molecule has 1 aliphatic heterocycles. The van der Waals surface area contributed by atoms with Crippen LogP contribution in [0.5, 0.6) is 0 Å². The van der Waals surface area contributed by atoms with Gasteiger partial charge in [-0.25, -0.2) is 0 Å². The molecule has 1 saturated heterocycles. The van der Waals surface area contributed by atoms with Crippen molar-refractivity contribution in [1.82, 2.24) is 10.1 Å². The standard InChI is InChI=1S/C25H30N4O2/c1-18(2)19-6-8-20(9-7-19)25-27-24(31-28-25)15-14-23(30)26-21-10-12-22(13-11-21)29-16-4-3-5-17-29/h6-13,18H,3-5,14-17H2,1-2H3,(H,26,30). The summed E-state index contributed by atoms with van der Waals surface area (Å²) in [7, 11) is 0. The third kappa shape index (κ3) is 5.51. The molecule has 4 rings (SSSR count). The van der Waals surface area contributed by atoms with Gasteiger partial charge in [0.25, 0.3) is 0 Å². The summed E-state index contributed by atoms with van der Waals surface area (Å²) in [6, 6.07) is 16.3. The van der Waals surface area contributed by atoms with Gasteiger partial charge < -0.3 is 14.7 Å². The lowest BCUT2D eigenvalue weighted by atomic mass is 10.0. The summed E-state index contributed by atoms with van der Waals surface area (Å²) >= 11 is 0. The summed E-state index contributed by atoms with van der Waals surface area (Å²) in [5, 5.41) is 7.00. The molecule has 0 atom stereocenters. The summed E-state index contributed by atoms with van der Waals surface area (Å²) in [6.07, 6.45) is 4.52. The molecule has 0 unspecified atom stereocenters. The summed E-state index contributed by atoms with van der Waals surface area (Å²) in [5.74, 6) is 1.44. The van der Waals surface area contributed by atoms with Crippen LogP contribution in [0.1, 0.15) is 56.9 Å². The number of amides is 1. The Labute approximate surface area is 183 Å². The number of anilines is 2. The second-order valence-corrected chi connectivity index (χ2v) is 8.43. The zero-order valence-electron chi connectivity index (χ0n) is 18.3. The maximum atomic E-state index is 12.3. The first kappa shape index (κ1) is 21.1. The number of carbonyl (C=O) groups excluding carboxylic acids is 1. The fraction of sp³-hybridized carbons (Fsp3) is 0.400. The molecule has 0 spiro atoms. The van der Waals surface area contributed by atoms with Crippen molar-refractivity contribution in [2.75, 3.05) is 23.3 Å². The van der Waals surface area contributed by atoms with Gasteiger partial charge in [-0.15, -0.1) is 0 Å². The van der Waals surface area contributed by atoms with E-state index >= 15 is 0 Å². The van der Waals surface area contributed by atoms with Crippen LogP contribution >= 0.6 is 0 Å². The first-order valence-electron chi connectivity index (χ1n) is 11.2. The van der Waals surface area contributed by atoms with Crippen molar-refractivity contribution in [2.24, 2.45) is 0 Å². The van der Waals surface area contributed by atoms with E-state index in [-0.39, 0.29) is 5.91 Å². The van der Waals surface area contributed by atoms with Crippen LogP contribution in [0.15, 0.2) is 53.1 Å². The van der Waals surface area contributed by atoms with Gasteiger partial charge in [-0.3, -0.25) is 4.79 Å². The van der Waals surface area contributed by atoms with E-state index in [1.807, 2.05) is 24.3 Å². The molecule has 31 heavy (non-hydrogen) atoms. The van der Waals surface area contributed by atoms with E-state index in [0.717, 1.165) is 24.3 Å². The summed E-state index contributed by atoms with van der Waals surface area (Å²) in [5.41, 5.74) is 4.21. The number of aromatic nitrogens is 2. The molecule has 1 amide bonds. The lowest BCUT2D eigenvalue weighted by Crippen LogP contribution is -2.29. The van der Waals surface area contributed by atoms with E-state index in [1.165, 1.54) is 30.5 Å². The number of rotatable bonds is 7. The number of piperidine rings is 1. The second kappa shape index (κ2) is 9.77. The molecule has 2 heterocycles. The fourth-order valence-corrected chi connectivity index (χ4v) is 3.84. The highest BCUT2D eigenvalue weighted by Gasteiger charge is 2.13. The number of hydrogen-bond acceptors (Lipinski definition) is 5. The van der Waals surface area contributed by atoms with Crippen molar-refractivity contribution >= 4 is 17.3 Å². The van der Waals surface area contributed by atoms with Gasteiger partial charge in [0.1, 0.15) is 0 Å². The number of nitrogens with zero attached hydrogens (tertiary/aromatic N) is 3. The molecule has 0 radical (unpaired) electrons. The largest absolute Gasteiger partial charge is 0.372 e. The molecule has 1 aromatic heterocycles. The van der Waals surface area contributed by atoms with Gasteiger partial charge >= 0.3 is 0 Å². The third-order valence-electron chi connectivity index (χ3n) is 5.74. The first-order valence-corrected chi connectivity index (χ1v) is 11.2. The average molecular weight is 419 g/mol. The zero-order chi connectivity index (χ0) is 21.6. The first-order chi connectivity index (χ1) is 15.1. The number of aryl methyl sites for hydroxylation is 1. The van der Waals surface area contributed by atoms with Crippen LogP contribution < -0.4 is 10.2 Å². The number of benzene rings is 2. The molecular weight excluding hydrogens is 388 g/mol. The highest BCUT2D eigenvalue weighted by atomic mass is 16.5. The van der Waals surface area contributed by atoms with Crippen LogP contribution in [-0.2, 0) is 11.2 Å². The topological polar surface area (TPSA) is 71.3 Å². The Morgan fingerprint density at radius 1 is 1.03 bits per heavy atom. The molecule has 6 nitrogen and oxygen atoms in total. The Morgan fingerprint density at radius 3 is 2.42 bits per heavy atom. The van der Waals surface area contributed by atoms with Crippen LogP contribution in [-0.4, -0.2) is 29.1 Å². The zero-order valence-corrected chi connectivity index (χ0v) is 18.3. The van der Waals surface area contributed by atoms with Crippen molar-refractivity contribution in [3.63, 3.8) is 0 Å². The monoisotopic (exact) mass is 418 g/mol. The minimum absolute atomic E-state index is 0.0632. The van der Waals surface area contributed by atoms with E-state index in [4.69, 9.17) is 4.52 Å². The molecule has 0 aliphatic carbocycles. The summed E-state index contributed by atoms with van der Waals surface area (Å²) in [4.78, 5) is 19.2. The van der Waals surface area contributed by atoms with Crippen LogP contribution in [0.2, 0.25) is 0 Å². The Bertz CT molecular complexity index is 987. The highest BCUT2D eigenvalue weighted by molar-refractivity contribution is 5.91. The van der Waals surface area contributed by atoms with E-state index < -0.39 is 0 Å². The Hall–Kier alpha value is -3.15. The van der Waals surface area contributed by atoms with Crippen LogP contribution in [0, 0.1) is 0 Å². The van der Waals surface area contributed by atoms with Crippen molar-refractivity contribution in [1.29, 1.82) is 0 Å². The van der Waals surface area contributed by atoms with Crippen molar-refractivity contribution < 1.29 is 9.32 Å². The third-order valence-corrected chi connectivity index (χ3v) is 5.74. The molecule has 6 heteroatoms. The van der Waals surface area contributed by atoms with E-state index in [0.29, 0.717) is 30.5 Å². The number of nitrogens with one attached hydrogen (secondary N) is 1. The Kier molecular flexibility index (Phi) is 6.65. The van der Waals surface area contributed by atoms with Crippen LogP contribution in [0.25, 0.3) is 11.4 Å². The molecular formula is C25H30N4O2. The Morgan fingerprint density at radius 2 is 1.74 bits per heavy atom. The van der Waals surface area contributed by atoms with Crippen molar-refractivity contribution in [3.05, 3.63) is 60.0 Å². The van der Waals surface area contributed by atoms with Gasteiger partial charge in [-0.1, -0.05) is 43.3 Å². The van der Waals surface area contributed by atoms with E-state index in [1.54, 1.807) is 0 Å². The molecule has 1 fully saturated rings. The average Bonchev–Trinajstić information content (AvgIpc) is 3.28. The summed E-state index contributed by atoms with van der Waals surface area (Å²) in [6.45, 7) is 6.55. The highest BCUT2D eigenvalue weighted by Crippen LogP contribution is 2.23. The van der Waals surface area contributed by atoms with Crippen LogP contribution in [0.4, 0.5) is 11.4 Å². The predicted octanol–water partition coefficient (Wildman–Crippen LogP) is 5.42. The predicted molar refractivity (Wildman–Crippen MR) is 123 cm³/mol. The lowest BCUT2D eigenvalue weighted by Gasteiger charge is -2.28. The fourth-order valence-electron chi connectivity index (χ4n) is 3.84. The van der Waals surface area contributed by atoms with Gasteiger partial charge in [-0.2, -0.15) is 4.98 Å². The van der Waals surface area contributed by atoms with E-state index in [2.05, 4.69) is 58.5 Å². The van der Waals surface area contributed by atoms with Gasteiger partial charge in [0.2, 0.25) is 17.6 Å². The minimum Gasteiger partial charge on any atom is -0.372 e. The minimum atomic E-state index is -0.0632. The van der Waals surface area contributed by atoms with Crippen molar-refractivity contribution in [2.45, 2.75) is 51.9 Å². The normalized spacial score (nSPS) is 14.1. The van der Waals surface area contributed by atoms with E-state index in [9.17, 15) is 4.79 Å². The lowest BCUT2D eigenvalue weighted by molar-refractivity contribution is -0.116. The van der Waals surface area contributed by atoms with Gasteiger partial charge in [-0.05, 0) is 55.0 Å². The van der Waals surface area contributed by atoms with Crippen LogP contribution in [0.3, 0.4) is 0 Å².